The van der Waals surface area contributed by atoms with Gasteiger partial charge in [-0.15, -0.1) is 0 Å². The van der Waals surface area contributed by atoms with Crippen LogP contribution in [0.1, 0.15) is 21.5 Å². The summed E-state index contributed by atoms with van der Waals surface area (Å²) < 4.78 is 0. The van der Waals surface area contributed by atoms with Crippen molar-refractivity contribution in [2.45, 2.75) is 16.7 Å². The maximum Gasteiger partial charge on any atom is 0.336 e. The lowest BCUT2D eigenvalue weighted by Gasteiger charge is -2.07. The van der Waals surface area contributed by atoms with E-state index in [4.69, 9.17) is 10.4 Å². The molecule has 94 valence electrons. The van der Waals surface area contributed by atoms with E-state index in [-0.39, 0.29) is 5.56 Å². The molecular weight excluding hydrogens is 258 g/mol. The van der Waals surface area contributed by atoms with Gasteiger partial charge in [0, 0.05) is 9.79 Å². The molecule has 4 heteroatoms. The van der Waals surface area contributed by atoms with E-state index in [1.807, 2.05) is 19.1 Å². The third-order valence-corrected chi connectivity index (χ3v) is 3.74. The lowest BCUT2D eigenvalue weighted by atomic mass is 10.2. The molecule has 0 atom stereocenters. The van der Waals surface area contributed by atoms with Crippen LogP contribution in [-0.2, 0) is 0 Å². The van der Waals surface area contributed by atoms with E-state index in [9.17, 15) is 4.79 Å². The van der Waals surface area contributed by atoms with Crippen LogP contribution in [-0.4, -0.2) is 11.1 Å². The van der Waals surface area contributed by atoms with E-state index in [0.717, 1.165) is 10.5 Å². The highest BCUT2D eigenvalue weighted by atomic mass is 32.2. The van der Waals surface area contributed by atoms with Crippen molar-refractivity contribution in [1.82, 2.24) is 0 Å². The highest BCUT2D eigenvalue weighted by molar-refractivity contribution is 7.99. The molecule has 0 aliphatic carbocycles. The molecule has 0 radical (unpaired) electrons. The monoisotopic (exact) mass is 269 g/mol. The van der Waals surface area contributed by atoms with E-state index in [1.54, 1.807) is 30.3 Å². The minimum atomic E-state index is -0.964. The Labute approximate surface area is 115 Å². The highest BCUT2D eigenvalue weighted by Gasteiger charge is 2.12. The number of carboxylic acid groups (broad SMARTS) is 1. The van der Waals surface area contributed by atoms with Gasteiger partial charge in [-0.05, 0) is 36.8 Å². The summed E-state index contributed by atoms with van der Waals surface area (Å²) in [5.74, 6) is -0.964. The second-order valence-electron chi connectivity index (χ2n) is 4.01. The average Bonchev–Trinajstić information content (AvgIpc) is 2.41. The van der Waals surface area contributed by atoms with Crippen LogP contribution >= 0.6 is 11.8 Å². The quantitative estimate of drug-likeness (QED) is 0.922. The molecule has 0 bridgehead atoms. The zero-order valence-corrected chi connectivity index (χ0v) is 11.1. The molecule has 19 heavy (non-hydrogen) atoms. The highest BCUT2D eigenvalue weighted by Crippen LogP contribution is 2.33. The van der Waals surface area contributed by atoms with Crippen LogP contribution in [0.5, 0.6) is 0 Å². The summed E-state index contributed by atoms with van der Waals surface area (Å²) in [5.41, 5.74) is 1.81. The van der Waals surface area contributed by atoms with Gasteiger partial charge in [0.2, 0.25) is 0 Å². The van der Waals surface area contributed by atoms with Gasteiger partial charge in [-0.25, -0.2) is 4.79 Å². The normalized spacial score (nSPS) is 9.89. The Morgan fingerprint density at radius 2 is 1.95 bits per heavy atom. The number of rotatable bonds is 3. The first kappa shape index (κ1) is 13.2. The van der Waals surface area contributed by atoms with Gasteiger partial charge in [-0.2, -0.15) is 5.26 Å². The molecule has 1 N–H and O–H groups in total. The summed E-state index contributed by atoms with van der Waals surface area (Å²) in [4.78, 5) is 12.5. The Bertz CT molecular complexity index is 674. The van der Waals surface area contributed by atoms with E-state index in [0.29, 0.717) is 10.5 Å². The van der Waals surface area contributed by atoms with Gasteiger partial charge >= 0.3 is 5.97 Å². The fourth-order valence-electron chi connectivity index (χ4n) is 1.67. The standard InChI is InChI=1S/C15H11NO2S/c1-10-6-7-13(11(8-10)9-16)19-14-5-3-2-4-12(14)15(17)18/h2-8H,1H3,(H,17,18). The van der Waals surface area contributed by atoms with Crippen molar-refractivity contribution in [2.75, 3.05) is 0 Å². The molecule has 0 saturated carbocycles. The van der Waals surface area contributed by atoms with Gasteiger partial charge in [0.25, 0.3) is 0 Å². The largest absolute Gasteiger partial charge is 0.478 e. The Hall–Kier alpha value is -2.25. The Morgan fingerprint density at radius 3 is 2.63 bits per heavy atom. The molecule has 2 aromatic carbocycles. The van der Waals surface area contributed by atoms with E-state index in [2.05, 4.69) is 6.07 Å². The van der Waals surface area contributed by atoms with Crippen molar-refractivity contribution in [3.05, 3.63) is 59.2 Å². The van der Waals surface area contributed by atoms with Crippen molar-refractivity contribution in [3.8, 4) is 6.07 Å². The van der Waals surface area contributed by atoms with Gasteiger partial charge < -0.3 is 5.11 Å². The van der Waals surface area contributed by atoms with E-state index >= 15 is 0 Å². The molecule has 2 rings (SSSR count). The lowest BCUT2D eigenvalue weighted by molar-refractivity contribution is 0.0693. The summed E-state index contributed by atoms with van der Waals surface area (Å²) in [6, 6.07) is 14.5. The Morgan fingerprint density at radius 1 is 1.21 bits per heavy atom. The predicted octanol–water partition coefficient (Wildman–Crippen LogP) is 3.72. The number of carbonyl (C=O) groups is 1. The Balaban J connectivity index is 2.43. The molecule has 0 aliphatic heterocycles. The topological polar surface area (TPSA) is 61.1 Å². The second-order valence-corrected chi connectivity index (χ2v) is 5.10. The van der Waals surface area contributed by atoms with E-state index in [1.165, 1.54) is 11.8 Å². The smallest absolute Gasteiger partial charge is 0.336 e. The number of carboxylic acids is 1. The van der Waals surface area contributed by atoms with Crippen molar-refractivity contribution >= 4 is 17.7 Å². The maximum atomic E-state index is 11.1. The van der Waals surface area contributed by atoms with Crippen molar-refractivity contribution in [2.24, 2.45) is 0 Å². The first-order valence-corrected chi connectivity index (χ1v) is 6.44. The molecule has 2 aromatic rings. The molecule has 0 saturated heterocycles. The van der Waals surface area contributed by atoms with Gasteiger partial charge in [0.05, 0.1) is 11.1 Å². The molecule has 0 aromatic heterocycles. The third kappa shape index (κ3) is 2.95. The second kappa shape index (κ2) is 5.59. The first-order chi connectivity index (χ1) is 9.11. The first-order valence-electron chi connectivity index (χ1n) is 5.62. The fourth-order valence-corrected chi connectivity index (χ4v) is 2.67. The third-order valence-electron chi connectivity index (χ3n) is 2.59. The fraction of sp³-hybridized carbons (Fsp3) is 0.0667. The lowest BCUT2D eigenvalue weighted by Crippen LogP contribution is -1.98. The zero-order chi connectivity index (χ0) is 13.8. The van der Waals surface area contributed by atoms with Crippen LogP contribution in [0, 0.1) is 18.3 Å². The van der Waals surface area contributed by atoms with Crippen LogP contribution in [0.3, 0.4) is 0 Å². The van der Waals surface area contributed by atoms with Crippen LogP contribution in [0.2, 0.25) is 0 Å². The van der Waals surface area contributed by atoms with Crippen LogP contribution in [0.15, 0.2) is 52.3 Å². The van der Waals surface area contributed by atoms with Crippen molar-refractivity contribution in [1.29, 1.82) is 5.26 Å². The number of nitriles is 1. The van der Waals surface area contributed by atoms with Gasteiger partial charge in [-0.1, -0.05) is 30.0 Å². The van der Waals surface area contributed by atoms with Gasteiger partial charge in [0.1, 0.15) is 6.07 Å². The number of benzene rings is 2. The molecule has 0 unspecified atom stereocenters. The Kier molecular flexibility index (Phi) is 3.88. The van der Waals surface area contributed by atoms with Crippen LogP contribution in [0.4, 0.5) is 0 Å². The number of aromatic carboxylic acids is 1. The van der Waals surface area contributed by atoms with Crippen molar-refractivity contribution < 1.29 is 9.90 Å². The zero-order valence-electron chi connectivity index (χ0n) is 10.3. The van der Waals surface area contributed by atoms with Crippen LogP contribution < -0.4 is 0 Å². The SMILES string of the molecule is Cc1ccc(Sc2ccccc2C(=O)O)c(C#N)c1. The minimum Gasteiger partial charge on any atom is -0.478 e. The van der Waals surface area contributed by atoms with E-state index < -0.39 is 5.97 Å². The van der Waals surface area contributed by atoms with Crippen LogP contribution in [0.25, 0.3) is 0 Å². The average molecular weight is 269 g/mol. The molecular formula is C15H11NO2S. The maximum absolute atomic E-state index is 11.1. The molecule has 0 amide bonds. The number of aryl methyl sites for hydroxylation is 1. The van der Waals surface area contributed by atoms with Crippen molar-refractivity contribution in [3.63, 3.8) is 0 Å². The number of hydrogen-bond donors (Lipinski definition) is 1. The summed E-state index contributed by atoms with van der Waals surface area (Å²) in [7, 11) is 0. The number of hydrogen-bond acceptors (Lipinski definition) is 3. The summed E-state index contributed by atoms with van der Waals surface area (Å²) in [5, 5.41) is 18.3. The summed E-state index contributed by atoms with van der Waals surface area (Å²) in [6.07, 6.45) is 0. The van der Waals surface area contributed by atoms with Gasteiger partial charge in [0.15, 0.2) is 0 Å². The number of nitrogens with zero attached hydrogens (tertiary/aromatic N) is 1. The predicted molar refractivity (Wildman–Crippen MR) is 73.4 cm³/mol. The molecule has 0 heterocycles. The molecule has 3 nitrogen and oxygen atoms in total. The molecule has 0 fully saturated rings. The van der Waals surface area contributed by atoms with Gasteiger partial charge in [-0.3, -0.25) is 0 Å². The molecule has 0 spiro atoms. The molecule has 0 aliphatic rings. The summed E-state index contributed by atoms with van der Waals surface area (Å²) >= 11 is 1.30. The minimum absolute atomic E-state index is 0.247. The summed E-state index contributed by atoms with van der Waals surface area (Å²) in [6.45, 7) is 1.92.